The Balaban J connectivity index is 0.00000288. The number of hydrogen-bond acceptors (Lipinski definition) is 5. The largest absolute Gasteiger partial charge is 0.480 e. The van der Waals surface area contributed by atoms with Gasteiger partial charge in [-0.2, -0.15) is 0 Å². The molecule has 1 amide bonds. The van der Waals surface area contributed by atoms with Gasteiger partial charge < -0.3 is 15.6 Å². The van der Waals surface area contributed by atoms with Crippen molar-refractivity contribution >= 4 is 24.3 Å². The summed E-state index contributed by atoms with van der Waals surface area (Å²) < 4.78 is 5.61. The van der Waals surface area contributed by atoms with Crippen LogP contribution >= 0.6 is 12.4 Å². The molecule has 0 aromatic heterocycles. The summed E-state index contributed by atoms with van der Waals surface area (Å²) in [4.78, 5) is 21.9. The fraction of sp³-hybridized carbons (Fsp3) is 0.125. The van der Waals surface area contributed by atoms with E-state index in [4.69, 9.17) is 20.8 Å². The highest BCUT2D eigenvalue weighted by atomic mass is 35.5. The van der Waals surface area contributed by atoms with Gasteiger partial charge in [-0.1, -0.05) is 12.1 Å². The van der Waals surface area contributed by atoms with Crippen LogP contribution in [0.15, 0.2) is 48.5 Å². The van der Waals surface area contributed by atoms with Crippen molar-refractivity contribution in [3.8, 4) is 11.5 Å². The Morgan fingerprint density at radius 3 is 2.00 bits per heavy atom. The Morgan fingerprint density at radius 1 is 1.04 bits per heavy atom. The number of nitrogens with one attached hydrogen (secondary N) is 1. The van der Waals surface area contributed by atoms with E-state index in [9.17, 15) is 9.59 Å². The van der Waals surface area contributed by atoms with E-state index >= 15 is 0 Å². The molecule has 0 radical (unpaired) electrons. The predicted molar refractivity (Wildman–Crippen MR) is 88.8 cm³/mol. The van der Waals surface area contributed by atoms with Crippen LogP contribution in [0.5, 0.6) is 11.5 Å². The van der Waals surface area contributed by atoms with E-state index in [-0.39, 0.29) is 18.8 Å². The normalized spacial score (nSPS) is 11.1. The Kier molecular flexibility index (Phi) is 7.19. The number of carboxylic acid groups (broad SMARTS) is 1. The Labute approximate surface area is 144 Å². The van der Waals surface area contributed by atoms with Gasteiger partial charge in [-0.15, -0.1) is 12.4 Å². The second kappa shape index (κ2) is 8.88. The van der Waals surface area contributed by atoms with Gasteiger partial charge >= 0.3 is 5.97 Å². The van der Waals surface area contributed by atoms with Gasteiger partial charge in [-0.3, -0.25) is 14.8 Å². The molecule has 2 aromatic carbocycles. The Hall–Kier alpha value is -2.61. The number of rotatable bonds is 6. The molecule has 0 bridgehead atoms. The van der Waals surface area contributed by atoms with Crippen molar-refractivity contribution in [1.82, 2.24) is 5.48 Å². The van der Waals surface area contributed by atoms with Gasteiger partial charge in [0.05, 0.1) is 0 Å². The topological polar surface area (TPSA) is 122 Å². The van der Waals surface area contributed by atoms with Gasteiger partial charge in [0.2, 0.25) is 0 Å². The number of hydroxylamine groups is 1. The number of carboxylic acids is 1. The molecule has 8 heteroatoms. The van der Waals surface area contributed by atoms with Gasteiger partial charge in [0.1, 0.15) is 17.5 Å². The maximum Gasteiger partial charge on any atom is 0.320 e. The van der Waals surface area contributed by atoms with Crippen LogP contribution in [0.3, 0.4) is 0 Å². The van der Waals surface area contributed by atoms with Crippen molar-refractivity contribution in [2.45, 2.75) is 12.5 Å². The number of hydrogen-bond donors (Lipinski definition) is 4. The minimum Gasteiger partial charge on any atom is -0.480 e. The lowest BCUT2D eigenvalue weighted by Crippen LogP contribution is -2.32. The summed E-state index contributed by atoms with van der Waals surface area (Å²) in [5.41, 5.74) is 8.12. The van der Waals surface area contributed by atoms with Crippen molar-refractivity contribution in [2.24, 2.45) is 5.73 Å². The van der Waals surface area contributed by atoms with Crippen LogP contribution in [-0.4, -0.2) is 28.2 Å². The van der Waals surface area contributed by atoms with Gasteiger partial charge in [0.15, 0.2) is 0 Å². The fourth-order valence-corrected chi connectivity index (χ4v) is 1.91. The molecule has 0 saturated heterocycles. The molecular formula is C16H17ClN2O5. The van der Waals surface area contributed by atoms with E-state index in [2.05, 4.69) is 0 Å². The lowest BCUT2D eigenvalue weighted by molar-refractivity contribution is -0.138. The molecule has 128 valence electrons. The van der Waals surface area contributed by atoms with E-state index < -0.39 is 17.9 Å². The van der Waals surface area contributed by atoms with Gasteiger partial charge in [0.25, 0.3) is 5.91 Å². The van der Waals surface area contributed by atoms with E-state index in [0.29, 0.717) is 17.1 Å². The van der Waals surface area contributed by atoms with Gasteiger partial charge in [-0.05, 0) is 48.4 Å². The van der Waals surface area contributed by atoms with Crippen molar-refractivity contribution in [3.63, 3.8) is 0 Å². The van der Waals surface area contributed by atoms with E-state index in [1.807, 2.05) is 0 Å². The van der Waals surface area contributed by atoms with Crippen LogP contribution in [0.25, 0.3) is 0 Å². The van der Waals surface area contributed by atoms with Crippen molar-refractivity contribution in [3.05, 3.63) is 59.7 Å². The van der Waals surface area contributed by atoms with Crippen LogP contribution in [0, 0.1) is 0 Å². The van der Waals surface area contributed by atoms with E-state index in [1.54, 1.807) is 41.9 Å². The molecule has 0 unspecified atom stereocenters. The van der Waals surface area contributed by atoms with Crippen molar-refractivity contribution in [2.75, 3.05) is 0 Å². The first kappa shape index (κ1) is 19.4. The minimum absolute atomic E-state index is 0. The number of amides is 1. The Morgan fingerprint density at radius 2 is 1.54 bits per heavy atom. The number of ether oxygens (including phenoxy) is 1. The maximum absolute atomic E-state index is 11.2. The molecule has 0 aliphatic heterocycles. The molecule has 0 saturated carbocycles. The number of nitrogens with two attached hydrogens (primary N) is 1. The fourth-order valence-electron chi connectivity index (χ4n) is 1.91. The second-order valence-electron chi connectivity index (χ2n) is 4.86. The maximum atomic E-state index is 11.2. The number of carbonyl (C=O) groups is 2. The van der Waals surface area contributed by atoms with Crippen LogP contribution in [-0.2, 0) is 11.2 Å². The summed E-state index contributed by atoms with van der Waals surface area (Å²) in [6.07, 6.45) is 0.237. The number of aliphatic carboxylic acids is 1. The number of halogens is 1. The third-order valence-corrected chi connectivity index (χ3v) is 3.15. The third-order valence-electron chi connectivity index (χ3n) is 3.15. The lowest BCUT2D eigenvalue weighted by atomic mass is 10.1. The highest BCUT2D eigenvalue weighted by molar-refractivity contribution is 5.93. The van der Waals surface area contributed by atoms with E-state index in [1.165, 1.54) is 12.1 Å². The van der Waals surface area contributed by atoms with Crippen LogP contribution in [0.4, 0.5) is 0 Å². The van der Waals surface area contributed by atoms with Gasteiger partial charge in [-0.25, -0.2) is 5.48 Å². The average molecular weight is 353 g/mol. The molecule has 1 atom stereocenters. The van der Waals surface area contributed by atoms with Crippen LogP contribution in [0.2, 0.25) is 0 Å². The first-order valence-electron chi connectivity index (χ1n) is 6.79. The molecule has 0 heterocycles. The molecule has 2 aromatic rings. The Bertz CT molecular complexity index is 689. The zero-order valence-electron chi connectivity index (χ0n) is 12.5. The summed E-state index contributed by atoms with van der Waals surface area (Å²) in [5, 5.41) is 17.3. The first-order valence-corrected chi connectivity index (χ1v) is 6.79. The second-order valence-corrected chi connectivity index (χ2v) is 4.86. The minimum atomic E-state index is -1.04. The zero-order valence-corrected chi connectivity index (χ0v) is 13.3. The van der Waals surface area contributed by atoms with Crippen LogP contribution < -0.4 is 16.0 Å². The summed E-state index contributed by atoms with van der Waals surface area (Å²) in [5.74, 6) is -0.556. The molecule has 7 nitrogen and oxygen atoms in total. The highest BCUT2D eigenvalue weighted by Crippen LogP contribution is 2.22. The monoisotopic (exact) mass is 352 g/mol. The third kappa shape index (κ3) is 5.24. The summed E-state index contributed by atoms with van der Waals surface area (Å²) in [6.45, 7) is 0. The number of carbonyl (C=O) groups excluding carboxylic acids is 1. The average Bonchev–Trinajstić information content (AvgIpc) is 2.56. The highest BCUT2D eigenvalue weighted by Gasteiger charge is 2.12. The first-order chi connectivity index (χ1) is 11.0. The SMILES string of the molecule is Cl.N[C@@H](Cc1ccc(Oc2ccc(C(=O)NO)cc2)cc1)C(=O)O. The summed E-state index contributed by atoms with van der Waals surface area (Å²) in [7, 11) is 0. The number of benzene rings is 2. The summed E-state index contributed by atoms with van der Waals surface area (Å²) in [6, 6.07) is 12.2. The van der Waals surface area contributed by atoms with Crippen molar-refractivity contribution < 1.29 is 24.6 Å². The molecule has 5 N–H and O–H groups in total. The molecule has 0 aliphatic rings. The standard InChI is InChI=1S/C16H16N2O5.ClH/c17-14(16(20)21)9-10-1-5-12(6-2-10)23-13-7-3-11(4-8-13)15(19)18-22;/h1-8,14,22H,9,17H2,(H,18,19)(H,20,21);1H/t14-;/m0./s1. The zero-order chi connectivity index (χ0) is 16.8. The molecular weight excluding hydrogens is 336 g/mol. The molecule has 2 rings (SSSR count). The molecule has 0 fully saturated rings. The van der Waals surface area contributed by atoms with Gasteiger partial charge in [0, 0.05) is 5.56 Å². The lowest BCUT2D eigenvalue weighted by Gasteiger charge is -2.09. The molecule has 0 aliphatic carbocycles. The van der Waals surface area contributed by atoms with E-state index in [0.717, 1.165) is 5.56 Å². The predicted octanol–water partition coefficient (Wildman–Crippen LogP) is 1.97. The van der Waals surface area contributed by atoms with Crippen LogP contribution in [0.1, 0.15) is 15.9 Å². The molecule has 24 heavy (non-hydrogen) atoms. The smallest absolute Gasteiger partial charge is 0.320 e. The molecule has 0 spiro atoms. The summed E-state index contributed by atoms with van der Waals surface area (Å²) >= 11 is 0. The quantitative estimate of drug-likeness (QED) is 0.466. The van der Waals surface area contributed by atoms with Crippen molar-refractivity contribution in [1.29, 1.82) is 0 Å².